The van der Waals surface area contributed by atoms with Crippen LogP contribution >= 0.6 is 0 Å². The number of hydrogen-bond acceptors (Lipinski definition) is 6. The molecule has 1 atom stereocenters. The van der Waals surface area contributed by atoms with E-state index in [4.69, 9.17) is 4.74 Å². The summed E-state index contributed by atoms with van der Waals surface area (Å²) in [6.45, 7) is -0.268. The molecule has 1 aromatic rings. The molecule has 92 valence electrons. The van der Waals surface area contributed by atoms with Gasteiger partial charge in [0.15, 0.2) is 0 Å². The highest BCUT2D eigenvalue weighted by molar-refractivity contribution is 7.82. The smallest absolute Gasteiger partial charge is 0.400 e. The largest absolute Gasteiger partial charge is 0.459 e. The number of rotatable bonds is 3. The van der Waals surface area contributed by atoms with E-state index in [-0.39, 0.29) is 13.2 Å². The van der Waals surface area contributed by atoms with Crippen LogP contribution in [0.4, 0.5) is 0 Å². The summed E-state index contributed by atoms with van der Waals surface area (Å²) < 4.78 is 35.1. The number of esters is 1. The Morgan fingerprint density at radius 1 is 1.35 bits per heavy atom. The van der Waals surface area contributed by atoms with Gasteiger partial charge in [0.25, 0.3) is 0 Å². The third kappa shape index (κ3) is 3.26. The van der Waals surface area contributed by atoms with Gasteiger partial charge in [-0.25, -0.2) is 13.2 Å². The van der Waals surface area contributed by atoms with Gasteiger partial charge in [-0.2, -0.15) is 8.42 Å². The maximum absolute atomic E-state index is 11.4. The van der Waals surface area contributed by atoms with Crippen molar-refractivity contribution in [2.45, 2.75) is 12.7 Å². The first-order valence-corrected chi connectivity index (χ1v) is 6.18. The van der Waals surface area contributed by atoms with E-state index in [0.29, 0.717) is 0 Å². The van der Waals surface area contributed by atoms with Gasteiger partial charge < -0.3 is 4.74 Å². The minimum absolute atomic E-state index is 0.0690. The minimum Gasteiger partial charge on any atom is -0.459 e. The summed E-state index contributed by atoms with van der Waals surface area (Å²) in [5, 5.41) is 0. The summed E-state index contributed by atoms with van der Waals surface area (Å²) >= 11 is 0. The zero-order valence-electron chi connectivity index (χ0n) is 8.74. The van der Waals surface area contributed by atoms with Crippen LogP contribution in [0.2, 0.25) is 0 Å². The molecule has 1 aromatic carbocycles. The van der Waals surface area contributed by atoms with Crippen molar-refractivity contribution in [3.8, 4) is 0 Å². The number of carbonyl (C=O) groups excluding carboxylic acids is 1. The Labute approximate surface area is 98.4 Å². The fourth-order valence-corrected chi connectivity index (χ4v) is 2.04. The van der Waals surface area contributed by atoms with Gasteiger partial charge in [-0.3, -0.25) is 0 Å². The summed E-state index contributed by atoms with van der Waals surface area (Å²) in [5.74, 6) is -0.755. The standard InChI is InChI=1S/C10H10O6S/c11-10(9-7-15-17(12,13)16-9)14-6-8-4-2-1-3-5-8/h1-5,9H,6-7H2. The molecule has 0 aromatic heterocycles. The van der Waals surface area contributed by atoms with Crippen molar-refractivity contribution in [2.24, 2.45) is 0 Å². The van der Waals surface area contributed by atoms with Crippen molar-refractivity contribution < 1.29 is 26.3 Å². The molecular weight excluding hydrogens is 248 g/mol. The van der Waals surface area contributed by atoms with Gasteiger partial charge in [0, 0.05) is 0 Å². The molecule has 1 aliphatic rings. The Hall–Kier alpha value is -1.44. The maximum Gasteiger partial charge on any atom is 0.400 e. The first-order valence-electron chi connectivity index (χ1n) is 4.85. The summed E-state index contributed by atoms with van der Waals surface area (Å²) in [6, 6.07) is 9.03. The van der Waals surface area contributed by atoms with Crippen molar-refractivity contribution in [3.63, 3.8) is 0 Å². The number of hydrogen-bond donors (Lipinski definition) is 0. The van der Waals surface area contributed by atoms with Gasteiger partial charge in [0.1, 0.15) is 13.2 Å². The topological polar surface area (TPSA) is 78.9 Å². The molecule has 7 heteroatoms. The van der Waals surface area contributed by atoms with Crippen LogP contribution in [0.1, 0.15) is 5.56 Å². The molecule has 6 nitrogen and oxygen atoms in total. The fourth-order valence-electron chi connectivity index (χ4n) is 1.27. The van der Waals surface area contributed by atoms with Gasteiger partial charge in [0.05, 0.1) is 0 Å². The SMILES string of the molecule is O=C(OCc1ccccc1)C1COS(=O)(=O)O1. The highest BCUT2D eigenvalue weighted by Gasteiger charge is 2.36. The zero-order valence-corrected chi connectivity index (χ0v) is 9.55. The van der Waals surface area contributed by atoms with Crippen molar-refractivity contribution in [2.75, 3.05) is 6.61 Å². The van der Waals surface area contributed by atoms with E-state index in [1.807, 2.05) is 18.2 Å². The van der Waals surface area contributed by atoms with Crippen LogP contribution in [-0.2, 0) is 34.9 Å². The van der Waals surface area contributed by atoms with Crippen LogP contribution < -0.4 is 0 Å². The normalized spacial score (nSPS) is 22.2. The number of benzene rings is 1. The predicted molar refractivity (Wildman–Crippen MR) is 56.0 cm³/mol. The lowest BCUT2D eigenvalue weighted by atomic mass is 10.2. The summed E-state index contributed by atoms with van der Waals surface area (Å²) in [4.78, 5) is 11.4. The predicted octanol–water partition coefficient (Wildman–Crippen LogP) is 0.390. The van der Waals surface area contributed by atoms with Crippen LogP contribution in [0.3, 0.4) is 0 Å². The molecule has 1 aliphatic heterocycles. The van der Waals surface area contributed by atoms with E-state index < -0.39 is 22.5 Å². The number of ether oxygens (including phenoxy) is 1. The molecular formula is C10H10O6S. The van der Waals surface area contributed by atoms with Gasteiger partial charge >= 0.3 is 16.4 Å². The first-order chi connectivity index (χ1) is 8.07. The third-order valence-electron chi connectivity index (χ3n) is 2.08. The molecule has 1 saturated heterocycles. The Morgan fingerprint density at radius 2 is 2.06 bits per heavy atom. The van der Waals surface area contributed by atoms with Crippen LogP contribution in [0, 0.1) is 0 Å². The average Bonchev–Trinajstić information content (AvgIpc) is 2.68. The van der Waals surface area contributed by atoms with Crippen LogP contribution in [-0.4, -0.2) is 27.1 Å². The molecule has 0 spiro atoms. The van der Waals surface area contributed by atoms with E-state index in [9.17, 15) is 13.2 Å². The van der Waals surface area contributed by atoms with Crippen LogP contribution in [0.5, 0.6) is 0 Å². The fraction of sp³-hybridized carbons (Fsp3) is 0.300. The Balaban J connectivity index is 1.87. The van der Waals surface area contributed by atoms with Gasteiger partial charge in [-0.05, 0) is 5.56 Å². The minimum atomic E-state index is -4.02. The second-order valence-electron chi connectivity index (χ2n) is 3.37. The summed E-state index contributed by atoms with van der Waals surface area (Å²) in [6.07, 6.45) is -1.20. The van der Waals surface area contributed by atoms with E-state index in [2.05, 4.69) is 8.37 Å². The summed E-state index contributed by atoms with van der Waals surface area (Å²) in [5.41, 5.74) is 0.808. The monoisotopic (exact) mass is 258 g/mol. The van der Waals surface area contributed by atoms with E-state index in [0.717, 1.165) is 5.56 Å². The van der Waals surface area contributed by atoms with Gasteiger partial charge in [0.2, 0.25) is 6.10 Å². The van der Waals surface area contributed by atoms with E-state index >= 15 is 0 Å². The molecule has 1 heterocycles. The molecule has 0 aliphatic carbocycles. The number of carbonyl (C=O) groups is 1. The first kappa shape index (κ1) is 12.0. The van der Waals surface area contributed by atoms with E-state index in [1.54, 1.807) is 12.1 Å². The molecule has 0 saturated carbocycles. The Bertz CT molecular complexity index is 495. The molecule has 0 bridgehead atoms. The maximum atomic E-state index is 11.4. The zero-order chi connectivity index (χ0) is 12.3. The Kier molecular flexibility index (Phi) is 3.41. The van der Waals surface area contributed by atoms with Gasteiger partial charge in [-0.1, -0.05) is 30.3 Å². The van der Waals surface area contributed by atoms with Crippen molar-refractivity contribution in [1.82, 2.24) is 0 Å². The molecule has 17 heavy (non-hydrogen) atoms. The molecule has 0 radical (unpaired) electrons. The molecule has 0 N–H and O–H groups in total. The molecule has 2 rings (SSSR count). The van der Waals surface area contributed by atoms with Crippen LogP contribution in [0.15, 0.2) is 30.3 Å². The average molecular weight is 258 g/mol. The Morgan fingerprint density at radius 3 is 2.65 bits per heavy atom. The van der Waals surface area contributed by atoms with E-state index in [1.165, 1.54) is 0 Å². The lowest BCUT2D eigenvalue weighted by Gasteiger charge is -2.06. The van der Waals surface area contributed by atoms with Crippen molar-refractivity contribution in [3.05, 3.63) is 35.9 Å². The van der Waals surface area contributed by atoms with Crippen LogP contribution in [0.25, 0.3) is 0 Å². The second kappa shape index (κ2) is 4.82. The summed E-state index contributed by atoms with van der Waals surface area (Å²) in [7, 11) is -4.02. The van der Waals surface area contributed by atoms with Gasteiger partial charge in [-0.15, -0.1) is 0 Å². The molecule has 1 unspecified atom stereocenters. The quantitative estimate of drug-likeness (QED) is 0.730. The molecule has 1 fully saturated rings. The third-order valence-corrected chi connectivity index (χ3v) is 2.98. The highest BCUT2D eigenvalue weighted by atomic mass is 32.3. The lowest BCUT2D eigenvalue weighted by molar-refractivity contribution is -0.152. The lowest BCUT2D eigenvalue weighted by Crippen LogP contribution is -2.25. The highest BCUT2D eigenvalue weighted by Crippen LogP contribution is 2.14. The molecule has 0 amide bonds. The second-order valence-corrected chi connectivity index (χ2v) is 4.62. The van der Waals surface area contributed by atoms with Crippen molar-refractivity contribution in [1.29, 1.82) is 0 Å². The van der Waals surface area contributed by atoms with Crippen molar-refractivity contribution >= 4 is 16.4 Å².